The number of aliphatic hydroxyl groups is 1. The molecule has 19 heteroatoms. The van der Waals surface area contributed by atoms with Crippen molar-refractivity contribution in [3.63, 3.8) is 0 Å². The summed E-state index contributed by atoms with van der Waals surface area (Å²) in [6.07, 6.45) is 57.7. The van der Waals surface area contributed by atoms with Crippen LogP contribution in [0, 0.1) is 17.8 Å². The largest absolute Gasteiger partial charge is 0.472 e. The van der Waals surface area contributed by atoms with Crippen LogP contribution in [0.2, 0.25) is 0 Å². The van der Waals surface area contributed by atoms with Gasteiger partial charge in [0.25, 0.3) is 0 Å². The summed E-state index contributed by atoms with van der Waals surface area (Å²) in [6, 6.07) is 0. The van der Waals surface area contributed by atoms with Gasteiger partial charge in [-0.05, 0) is 69.1 Å². The number of ether oxygens (including phenoxy) is 4. The molecule has 0 aliphatic carbocycles. The Morgan fingerprint density at radius 3 is 0.918 bits per heavy atom. The van der Waals surface area contributed by atoms with Crippen molar-refractivity contribution in [3.05, 3.63) is 24.3 Å². The van der Waals surface area contributed by atoms with E-state index >= 15 is 0 Å². The SMILES string of the molecule is CCCCCC/C=C\C=C/CCCCCCCC(=O)O[C@H](COC(=O)CCCCCCCCCCCCCCCC(C)C)COP(=O)(O)OC[C@@H](O)COP(=O)(O)OC[C@@H](COC(=O)CCCCCCCCC(C)CC)OC(=O)CCCCCCCCCCCCCCCC(C)C. The van der Waals surface area contributed by atoms with Crippen LogP contribution in [-0.4, -0.2) is 96.7 Å². The van der Waals surface area contributed by atoms with Crippen LogP contribution in [0.1, 0.15) is 376 Å². The Morgan fingerprint density at radius 1 is 0.340 bits per heavy atom. The molecule has 17 nitrogen and oxygen atoms in total. The van der Waals surface area contributed by atoms with E-state index in [1.807, 2.05) is 0 Å². The van der Waals surface area contributed by atoms with E-state index in [4.69, 9.17) is 37.0 Å². The van der Waals surface area contributed by atoms with Gasteiger partial charge in [-0.25, -0.2) is 9.13 Å². The number of hydrogen-bond donors (Lipinski definition) is 3. The van der Waals surface area contributed by atoms with Crippen LogP contribution in [0.3, 0.4) is 0 Å². The van der Waals surface area contributed by atoms with Crippen molar-refractivity contribution in [1.82, 2.24) is 0 Å². The molecule has 572 valence electrons. The number of allylic oxidation sites excluding steroid dienone is 4. The van der Waals surface area contributed by atoms with Gasteiger partial charge in [0, 0.05) is 25.7 Å². The quantitative estimate of drug-likeness (QED) is 0.0169. The maximum absolute atomic E-state index is 13.1. The van der Waals surface area contributed by atoms with Crippen LogP contribution in [0.5, 0.6) is 0 Å². The molecule has 0 aromatic rings. The Morgan fingerprint density at radius 2 is 0.608 bits per heavy atom. The molecule has 3 N–H and O–H groups in total. The number of aliphatic hydroxyl groups excluding tert-OH is 1. The number of hydrogen-bond acceptors (Lipinski definition) is 15. The Balaban J connectivity index is 5.29. The van der Waals surface area contributed by atoms with E-state index in [1.165, 1.54) is 167 Å². The fourth-order valence-electron chi connectivity index (χ4n) is 11.4. The fraction of sp³-hybridized carbons (Fsp3) is 0.897. The summed E-state index contributed by atoms with van der Waals surface area (Å²) in [5.41, 5.74) is 0. The van der Waals surface area contributed by atoms with Crippen LogP contribution in [0.15, 0.2) is 24.3 Å². The predicted molar refractivity (Wildman–Crippen MR) is 395 cm³/mol. The standard InChI is InChI=1S/C78H148O17P2/c1-8-10-11-12-13-14-15-16-17-22-28-33-38-47-54-61-77(82)94-73(65-88-75(80)59-52-45-37-32-27-23-18-20-25-30-35-42-49-56-69(3)4)67-92-96(84,85)90-63-72(79)64-91-97(86,87)93-68-74(66-89-76(81)60-53-46-41-40-44-51-58-71(7)9-2)95-78(83)62-55-48-39-34-29-24-19-21-26-31-36-43-50-57-70(5)6/h14-17,69-74,79H,8-13,18-68H2,1-7H3,(H,84,85)(H,86,87)/b15-14-,17-16-/t71?,72-,73-,74-/m1/s1. The molecule has 0 aliphatic heterocycles. The number of phosphoric acid groups is 2. The van der Waals surface area contributed by atoms with Crippen molar-refractivity contribution in [3.8, 4) is 0 Å². The second-order valence-electron chi connectivity index (χ2n) is 28.6. The topological polar surface area (TPSA) is 237 Å². The van der Waals surface area contributed by atoms with Gasteiger partial charge in [-0.15, -0.1) is 0 Å². The van der Waals surface area contributed by atoms with Crippen molar-refractivity contribution in [2.75, 3.05) is 39.6 Å². The minimum Gasteiger partial charge on any atom is -0.462 e. The van der Waals surface area contributed by atoms with Gasteiger partial charge in [0.2, 0.25) is 0 Å². The highest BCUT2D eigenvalue weighted by Gasteiger charge is 2.30. The highest BCUT2D eigenvalue weighted by atomic mass is 31.2. The highest BCUT2D eigenvalue weighted by Crippen LogP contribution is 2.45. The van der Waals surface area contributed by atoms with Crippen LogP contribution in [0.4, 0.5) is 0 Å². The first-order valence-corrected chi connectivity index (χ1v) is 42.7. The normalized spacial score (nSPS) is 14.5. The maximum Gasteiger partial charge on any atom is 0.472 e. The Labute approximate surface area is 592 Å². The molecule has 0 bridgehead atoms. The van der Waals surface area contributed by atoms with Gasteiger partial charge in [-0.2, -0.15) is 0 Å². The number of carbonyl (C=O) groups excluding carboxylic acids is 4. The molecule has 0 amide bonds. The van der Waals surface area contributed by atoms with Crippen LogP contribution >= 0.6 is 15.6 Å². The summed E-state index contributed by atoms with van der Waals surface area (Å²) < 4.78 is 68.6. The molecule has 0 aromatic heterocycles. The van der Waals surface area contributed by atoms with Crippen LogP contribution < -0.4 is 0 Å². The minimum absolute atomic E-state index is 0.0848. The van der Waals surface area contributed by atoms with E-state index in [2.05, 4.69) is 72.8 Å². The van der Waals surface area contributed by atoms with E-state index in [9.17, 15) is 43.2 Å². The number of carbonyl (C=O) groups is 4. The summed E-state index contributed by atoms with van der Waals surface area (Å²) in [6.45, 7) is 11.8. The fourth-order valence-corrected chi connectivity index (χ4v) is 13.0. The monoisotopic (exact) mass is 1420 g/mol. The first-order valence-electron chi connectivity index (χ1n) is 39.7. The molecule has 97 heavy (non-hydrogen) atoms. The van der Waals surface area contributed by atoms with Crippen molar-refractivity contribution in [2.24, 2.45) is 17.8 Å². The van der Waals surface area contributed by atoms with Crippen molar-refractivity contribution in [1.29, 1.82) is 0 Å². The lowest BCUT2D eigenvalue weighted by Crippen LogP contribution is -2.30. The second-order valence-corrected chi connectivity index (χ2v) is 31.5. The lowest BCUT2D eigenvalue weighted by Gasteiger charge is -2.21. The molecule has 0 spiro atoms. The van der Waals surface area contributed by atoms with Crippen LogP contribution in [0.25, 0.3) is 0 Å². The molecule has 0 fully saturated rings. The second kappa shape index (κ2) is 68.0. The average Bonchev–Trinajstić information content (AvgIpc) is 1.06. The number of rotatable bonds is 74. The third-order valence-corrected chi connectivity index (χ3v) is 19.8. The van der Waals surface area contributed by atoms with Gasteiger partial charge in [0.15, 0.2) is 12.2 Å². The van der Waals surface area contributed by atoms with Gasteiger partial charge in [-0.1, -0.05) is 323 Å². The summed E-state index contributed by atoms with van der Waals surface area (Å²) >= 11 is 0. The zero-order valence-electron chi connectivity index (χ0n) is 63.0. The number of phosphoric ester groups is 2. The first-order chi connectivity index (χ1) is 46.8. The zero-order chi connectivity index (χ0) is 71.6. The molecular weight excluding hydrogens is 1270 g/mol. The Hall–Kier alpha value is -2.46. The highest BCUT2D eigenvalue weighted by molar-refractivity contribution is 7.47. The molecule has 3 unspecified atom stereocenters. The first kappa shape index (κ1) is 94.5. The van der Waals surface area contributed by atoms with Crippen molar-refractivity contribution < 1.29 is 80.2 Å². The molecule has 6 atom stereocenters. The van der Waals surface area contributed by atoms with Crippen LogP contribution in [-0.2, 0) is 65.4 Å². The molecule has 0 rings (SSSR count). The number of unbranched alkanes of at least 4 members (excludes halogenated alkanes) is 38. The Kier molecular flexibility index (Phi) is 66.3. The smallest absolute Gasteiger partial charge is 0.462 e. The van der Waals surface area contributed by atoms with Gasteiger partial charge >= 0.3 is 39.5 Å². The Bertz CT molecular complexity index is 1980. The summed E-state index contributed by atoms with van der Waals surface area (Å²) in [5, 5.41) is 10.6. The molecule has 0 saturated carbocycles. The molecule has 0 heterocycles. The molecule has 0 aromatic carbocycles. The van der Waals surface area contributed by atoms with Crippen molar-refractivity contribution in [2.45, 2.75) is 394 Å². The maximum atomic E-state index is 13.1. The molecule has 0 aliphatic rings. The van der Waals surface area contributed by atoms with E-state index in [-0.39, 0.29) is 25.7 Å². The van der Waals surface area contributed by atoms with E-state index < -0.39 is 97.5 Å². The zero-order valence-corrected chi connectivity index (χ0v) is 64.8. The molecule has 0 saturated heterocycles. The molecular formula is C78H148O17P2. The average molecular weight is 1420 g/mol. The minimum atomic E-state index is -4.97. The van der Waals surface area contributed by atoms with Gasteiger partial charge in [0.1, 0.15) is 19.3 Å². The van der Waals surface area contributed by atoms with E-state index in [0.29, 0.717) is 25.7 Å². The van der Waals surface area contributed by atoms with Crippen molar-refractivity contribution >= 4 is 39.5 Å². The third-order valence-electron chi connectivity index (χ3n) is 17.9. The van der Waals surface area contributed by atoms with Gasteiger partial charge in [0.05, 0.1) is 26.4 Å². The van der Waals surface area contributed by atoms with Gasteiger partial charge in [-0.3, -0.25) is 37.3 Å². The lowest BCUT2D eigenvalue weighted by molar-refractivity contribution is -0.161. The third kappa shape index (κ3) is 70.4. The molecule has 0 radical (unpaired) electrons. The lowest BCUT2D eigenvalue weighted by atomic mass is 10.00. The predicted octanol–water partition coefficient (Wildman–Crippen LogP) is 22.5. The summed E-state index contributed by atoms with van der Waals surface area (Å²) in [5.74, 6) is 0.157. The summed E-state index contributed by atoms with van der Waals surface area (Å²) in [7, 11) is -9.93. The number of esters is 4. The van der Waals surface area contributed by atoms with Gasteiger partial charge < -0.3 is 33.8 Å². The van der Waals surface area contributed by atoms with E-state index in [1.54, 1.807) is 0 Å². The van der Waals surface area contributed by atoms with E-state index in [0.717, 1.165) is 127 Å². The summed E-state index contributed by atoms with van der Waals surface area (Å²) in [4.78, 5) is 72.9.